The molecule has 72 valence electrons. The van der Waals surface area contributed by atoms with Crippen LogP contribution in [0.25, 0.3) is 0 Å². The molecule has 2 atom stereocenters. The van der Waals surface area contributed by atoms with Crippen LogP contribution in [0.4, 0.5) is 0 Å². The summed E-state index contributed by atoms with van der Waals surface area (Å²) in [7, 11) is 1.95. The molecule has 3 heteroatoms. The van der Waals surface area contributed by atoms with Crippen LogP contribution in [0.3, 0.4) is 0 Å². The first-order chi connectivity index (χ1) is 6.25. The second kappa shape index (κ2) is 3.50. The third-order valence-electron chi connectivity index (χ3n) is 2.76. The summed E-state index contributed by atoms with van der Waals surface area (Å²) in [5.41, 5.74) is 1.14. The first kappa shape index (κ1) is 8.75. The lowest BCUT2D eigenvalue weighted by molar-refractivity contribution is 0.598. The third kappa shape index (κ3) is 2.31. The number of hydrogen-bond donors (Lipinski definition) is 1. The van der Waals surface area contributed by atoms with Crippen LogP contribution in [0.1, 0.15) is 19.0 Å². The van der Waals surface area contributed by atoms with Gasteiger partial charge in [-0.05, 0) is 30.9 Å². The van der Waals surface area contributed by atoms with Crippen molar-refractivity contribution in [3.8, 4) is 0 Å². The van der Waals surface area contributed by atoms with Gasteiger partial charge in [0.05, 0.1) is 5.69 Å². The minimum atomic E-state index is 0.907. The summed E-state index contributed by atoms with van der Waals surface area (Å²) in [6.07, 6.45) is 3.38. The SMILES string of the molecule is CC1CC1CNCc1ccn(C)n1. The van der Waals surface area contributed by atoms with Gasteiger partial charge in [0, 0.05) is 19.8 Å². The predicted octanol–water partition coefficient (Wildman–Crippen LogP) is 1.17. The zero-order chi connectivity index (χ0) is 9.26. The molecule has 0 saturated heterocycles. The third-order valence-corrected chi connectivity index (χ3v) is 2.76. The van der Waals surface area contributed by atoms with E-state index in [-0.39, 0.29) is 0 Å². The molecule has 0 bridgehead atoms. The van der Waals surface area contributed by atoms with E-state index in [2.05, 4.69) is 23.4 Å². The Morgan fingerprint density at radius 1 is 1.69 bits per heavy atom. The molecule has 13 heavy (non-hydrogen) atoms. The zero-order valence-corrected chi connectivity index (χ0v) is 8.33. The highest BCUT2D eigenvalue weighted by Gasteiger charge is 2.31. The van der Waals surface area contributed by atoms with Crippen LogP contribution in [-0.4, -0.2) is 16.3 Å². The Kier molecular flexibility index (Phi) is 2.36. The number of rotatable bonds is 4. The number of nitrogens with one attached hydrogen (secondary N) is 1. The highest BCUT2D eigenvalue weighted by Crippen LogP contribution is 2.36. The summed E-state index contributed by atoms with van der Waals surface area (Å²) in [6.45, 7) is 4.37. The van der Waals surface area contributed by atoms with Gasteiger partial charge in [-0.3, -0.25) is 4.68 Å². The summed E-state index contributed by atoms with van der Waals surface area (Å²) < 4.78 is 1.84. The maximum absolute atomic E-state index is 4.30. The monoisotopic (exact) mass is 179 g/mol. The standard InChI is InChI=1S/C10H17N3/c1-8-5-9(8)6-11-7-10-3-4-13(2)12-10/h3-4,8-9,11H,5-7H2,1-2H3. The van der Waals surface area contributed by atoms with Crippen LogP contribution in [0.5, 0.6) is 0 Å². The molecule has 1 N–H and O–H groups in total. The van der Waals surface area contributed by atoms with E-state index in [0.717, 1.165) is 30.6 Å². The molecule has 0 radical (unpaired) electrons. The van der Waals surface area contributed by atoms with Crippen LogP contribution in [0.15, 0.2) is 12.3 Å². The van der Waals surface area contributed by atoms with Crippen LogP contribution in [0.2, 0.25) is 0 Å². The summed E-state index contributed by atoms with van der Waals surface area (Å²) in [6, 6.07) is 2.06. The van der Waals surface area contributed by atoms with Gasteiger partial charge in [-0.25, -0.2) is 0 Å². The fourth-order valence-electron chi connectivity index (χ4n) is 1.63. The Morgan fingerprint density at radius 2 is 2.46 bits per heavy atom. The fourth-order valence-corrected chi connectivity index (χ4v) is 1.63. The van der Waals surface area contributed by atoms with Crippen molar-refractivity contribution < 1.29 is 0 Å². The maximum Gasteiger partial charge on any atom is 0.0762 e. The maximum atomic E-state index is 4.30. The quantitative estimate of drug-likeness (QED) is 0.752. The summed E-state index contributed by atoms with van der Waals surface area (Å²) in [4.78, 5) is 0. The average molecular weight is 179 g/mol. The Bertz CT molecular complexity index is 279. The topological polar surface area (TPSA) is 29.9 Å². The molecule has 1 aliphatic carbocycles. The van der Waals surface area contributed by atoms with Gasteiger partial charge in [0.25, 0.3) is 0 Å². The van der Waals surface area contributed by atoms with Crippen LogP contribution in [0, 0.1) is 11.8 Å². The van der Waals surface area contributed by atoms with Crippen molar-refractivity contribution in [1.82, 2.24) is 15.1 Å². The van der Waals surface area contributed by atoms with Gasteiger partial charge >= 0.3 is 0 Å². The molecular weight excluding hydrogens is 162 g/mol. The van der Waals surface area contributed by atoms with E-state index in [1.165, 1.54) is 6.42 Å². The molecular formula is C10H17N3. The summed E-state index contributed by atoms with van der Waals surface area (Å²) >= 11 is 0. The Morgan fingerprint density at radius 3 is 3.00 bits per heavy atom. The molecule has 1 aromatic rings. The lowest BCUT2D eigenvalue weighted by Gasteiger charge is -2.00. The van der Waals surface area contributed by atoms with Gasteiger partial charge in [-0.2, -0.15) is 5.10 Å². The molecule has 0 amide bonds. The van der Waals surface area contributed by atoms with E-state index in [1.807, 2.05) is 17.9 Å². The molecule has 2 rings (SSSR count). The Labute approximate surface area is 79.1 Å². The lowest BCUT2D eigenvalue weighted by Crippen LogP contribution is -2.17. The van der Waals surface area contributed by atoms with Crippen molar-refractivity contribution in [1.29, 1.82) is 0 Å². The van der Waals surface area contributed by atoms with Crippen molar-refractivity contribution in [2.24, 2.45) is 18.9 Å². The van der Waals surface area contributed by atoms with Crippen molar-refractivity contribution in [3.63, 3.8) is 0 Å². The highest BCUT2D eigenvalue weighted by molar-refractivity contribution is 4.98. The number of hydrogen-bond acceptors (Lipinski definition) is 2. The Balaban J connectivity index is 1.68. The summed E-state index contributed by atoms with van der Waals surface area (Å²) in [5, 5.41) is 7.73. The minimum Gasteiger partial charge on any atom is -0.311 e. The molecule has 1 aliphatic rings. The summed E-state index contributed by atoms with van der Waals surface area (Å²) in [5.74, 6) is 1.86. The molecule has 1 heterocycles. The first-order valence-electron chi connectivity index (χ1n) is 4.95. The number of aromatic nitrogens is 2. The molecule has 3 nitrogen and oxygen atoms in total. The predicted molar refractivity (Wildman–Crippen MR) is 52.2 cm³/mol. The van der Waals surface area contributed by atoms with Crippen LogP contribution < -0.4 is 5.32 Å². The van der Waals surface area contributed by atoms with Gasteiger partial charge in [0.2, 0.25) is 0 Å². The highest BCUT2D eigenvalue weighted by atomic mass is 15.3. The number of nitrogens with zero attached hydrogens (tertiary/aromatic N) is 2. The molecule has 0 aromatic carbocycles. The normalized spacial score (nSPS) is 26.3. The molecule has 0 spiro atoms. The van der Waals surface area contributed by atoms with Crippen molar-refractivity contribution in [3.05, 3.63) is 18.0 Å². The molecule has 0 aliphatic heterocycles. The molecule has 1 saturated carbocycles. The van der Waals surface area contributed by atoms with Gasteiger partial charge < -0.3 is 5.32 Å². The molecule has 2 unspecified atom stereocenters. The van der Waals surface area contributed by atoms with E-state index in [0.29, 0.717) is 0 Å². The smallest absolute Gasteiger partial charge is 0.0762 e. The fraction of sp³-hybridized carbons (Fsp3) is 0.700. The lowest BCUT2D eigenvalue weighted by atomic mass is 10.3. The Hall–Kier alpha value is -0.830. The van der Waals surface area contributed by atoms with Crippen molar-refractivity contribution in [2.75, 3.05) is 6.54 Å². The van der Waals surface area contributed by atoms with E-state index in [1.54, 1.807) is 0 Å². The van der Waals surface area contributed by atoms with Crippen molar-refractivity contribution >= 4 is 0 Å². The largest absolute Gasteiger partial charge is 0.311 e. The van der Waals surface area contributed by atoms with Crippen LogP contribution >= 0.6 is 0 Å². The van der Waals surface area contributed by atoms with Gasteiger partial charge in [-0.15, -0.1) is 0 Å². The van der Waals surface area contributed by atoms with E-state index < -0.39 is 0 Å². The van der Waals surface area contributed by atoms with Crippen LogP contribution in [-0.2, 0) is 13.6 Å². The van der Waals surface area contributed by atoms with Gasteiger partial charge in [-0.1, -0.05) is 6.92 Å². The van der Waals surface area contributed by atoms with Crippen molar-refractivity contribution in [2.45, 2.75) is 19.9 Å². The first-order valence-corrected chi connectivity index (χ1v) is 4.95. The van der Waals surface area contributed by atoms with Gasteiger partial charge in [0.15, 0.2) is 0 Å². The average Bonchev–Trinajstić information content (AvgIpc) is 2.60. The zero-order valence-electron chi connectivity index (χ0n) is 8.33. The van der Waals surface area contributed by atoms with E-state index in [9.17, 15) is 0 Å². The molecule has 1 aromatic heterocycles. The van der Waals surface area contributed by atoms with E-state index in [4.69, 9.17) is 0 Å². The second-order valence-corrected chi connectivity index (χ2v) is 4.08. The molecule has 1 fully saturated rings. The second-order valence-electron chi connectivity index (χ2n) is 4.08. The number of aryl methyl sites for hydroxylation is 1. The van der Waals surface area contributed by atoms with E-state index >= 15 is 0 Å². The minimum absolute atomic E-state index is 0.907. The van der Waals surface area contributed by atoms with Gasteiger partial charge in [0.1, 0.15) is 0 Å².